The molecule has 2 saturated heterocycles. The molecule has 0 bridgehead atoms. The van der Waals surface area contributed by atoms with Crippen LogP contribution in [0.25, 0.3) is 11.2 Å². The Labute approximate surface area is 164 Å². The number of nitrogens with zero attached hydrogens (tertiary/aromatic N) is 8. The number of imidazole rings is 1. The zero-order valence-corrected chi connectivity index (χ0v) is 16.4. The van der Waals surface area contributed by atoms with E-state index in [9.17, 15) is 0 Å². The number of hydrogen-bond donors (Lipinski definition) is 1. The summed E-state index contributed by atoms with van der Waals surface area (Å²) in [6.07, 6.45) is 9.34. The Bertz CT molecular complexity index is 932. The van der Waals surface area contributed by atoms with Gasteiger partial charge in [-0.3, -0.25) is 4.90 Å². The molecule has 0 spiro atoms. The summed E-state index contributed by atoms with van der Waals surface area (Å²) in [5, 5.41) is 9.09. The first kappa shape index (κ1) is 17.5. The standard InChI is InChI=1S/C19H27N9/c1-26-15(11-27-7-3-2-4-8-27)24-25-18(26)14-5-9-28(10-6-14)19-16-17(21-12-20-16)22-13-23-19/h12-14H,2-11H2,1H3,(H,20,21,22,23). The highest BCUT2D eigenvalue weighted by atomic mass is 15.3. The fraction of sp³-hybridized carbons (Fsp3) is 0.632. The van der Waals surface area contributed by atoms with E-state index in [2.05, 4.69) is 51.5 Å². The number of hydrogen-bond acceptors (Lipinski definition) is 7. The van der Waals surface area contributed by atoms with Gasteiger partial charge < -0.3 is 14.5 Å². The van der Waals surface area contributed by atoms with E-state index in [1.165, 1.54) is 32.4 Å². The van der Waals surface area contributed by atoms with Gasteiger partial charge in [0.25, 0.3) is 0 Å². The summed E-state index contributed by atoms with van der Waals surface area (Å²) in [4.78, 5) is 20.9. The van der Waals surface area contributed by atoms with E-state index >= 15 is 0 Å². The molecule has 9 nitrogen and oxygen atoms in total. The molecule has 0 aliphatic carbocycles. The number of fused-ring (bicyclic) bond motifs is 1. The number of aromatic nitrogens is 7. The van der Waals surface area contributed by atoms with Crippen molar-refractivity contribution >= 4 is 17.0 Å². The number of rotatable bonds is 4. The Morgan fingerprint density at radius 3 is 2.64 bits per heavy atom. The van der Waals surface area contributed by atoms with Gasteiger partial charge in [-0.2, -0.15) is 0 Å². The summed E-state index contributed by atoms with van der Waals surface area (Å²) in [6, 6.07) is 0. The van der Waals surface area contributed by atoms with E-state index in [0.29, 0.717) is 5.92 Å². The number of aromatic amines is 1. The van der Waals surface area contributed by atoms with Crippen molar-refractivity contribution in [1.82, 2.24) is 39.6 Å². The van der Waals surface area contributed by atoms with Gasteiger partial charge in [0.1, 0.15) is 23.5 Å². The van der Waals surface area contributed by atoms with Crippen LogP contribution in [-0.2, 0) is 13.6 Å². The van der Waals surface area contributed by atoms with Crippen LogP contribution in [0.15, 0.2) is 12.7 Å². The molecule has 2 aliphatic heterocycles. The highest BCUT2D eigenvalue weighted by molar-refractivity contribution is 5.82. The second kappa shape index (κ2) is 7.46. The lowest BCUT2D eigenvalue weighted by atomic mass is 9.96. The molecular weight excluding hydrogens is 354 g/mol. The zero-order valence-electron chi connectivity index (χ0n) is 16.4. The van der Waals surface area contributed by atoms with Crippen molar-refractivity contribution in [2.24, 2.45) is 7.05 Å². The molecule has 0 unspecified atom stereocenters. The lowest BCUT2D eigenvalue weighted by Crippen LogP contribution is -2.34. The van der Waals surface area contributed by atoms with Crippen LogP contribution >= 0.6 is 0 Å². The van der Waals surface area contributed by atoms with Crippen LogP contribution in [0, 0.1) is 0 Å². The van der Waals surface area contributed by atoms with Gasteiger partial charge in [0.2, 0.25) is 0 Å². The molecule has 9 heteroatoms. The third-order valence-electron chi connectivity index (χ3n) is 6.18. The summed E-state index contributed by atoms with van der Waals surface area (Å²) in [5.41, 5.74) is 1.64. The molecule has 148 valence electrons. The molecule has 5 rings (SSSR count). The van der Waals surface area contributed by atoms with Crippen LogP contribution < -0.4 is 4.90 Å². The highest BCUT2D eigenvalue weighted by Crippen LogP contribution is 2.30. The van der Waals surface area contributed by atoms with Gasteiger partial charge in [0.15, 0.2) is 11.5 Å². The van der Waals surface area contributed by atoms with Crippen LogP contribution in [0.5, 0.6) is 0 Å². The second-order valence-electron chi connectivity index (χ2n) is 7.93. The monoisotopic (exact) mass is 381 g/mol. The van der Waals surface area contributed by atoms with Crippen LogP contribution in [0.1, 0.15) is 49.7 Å². The minimum Gasteiger partial charge on any atom is -0.355 e. The Kier molecular flexibility index (Phi) is 4.67. The van der Waals surface area contributed by atoms with Crippen LogP contribution in [-0.4, -0.2) is 65.8 Å². The fourth-order valence-corrected chi connectivity index (χ4v) is 4.53. The number of likely N-dealkylation sites (tertiary alicyclic amines) is 1. The number of piperidine rings is 2. The van der Waals surface area contributed by atoms with Gasteiger partial charge in [-0.05, 0) is 38.8 Å². The average Bonchev–Trinajstić information content (AvgIpc) is 3.36. The van der Waals surface area contributed by atoms with Crippen molar-refractivity contribution in [3.63, 3.8) is 0 Å². The van der Waals surface area contributed by atoms with Gasteiger partial charge in [0, 0.05) is 26.1 Å². The van der Waals surface area contributed by atoms with E-state index < -0.39 is 0 Å². The maximum Gasteiger partial charge on any atom is 0.182 e. The van der Waals surface area contributed by atoms with Crippen molar-refractivity contribution in [1.29, 1.82) is 0 Å². The summed E-state index contributed by atoms with van der Waals surface area (Å²) in [6.45, 7) is 5.18. The predicted molar refractivity (Wildman–Crippen MR) is 106 cm³/mol. The largest absolute Gasteiger partial charge is 0.355 e. The number of anilines is 1. The molecule has 2 fully saturated rings. The smallest absolute Gasteiger partial charge is 0.182 e. The Morgan fingerprint density at radius 1 is 1.00 bits per heavy atom. The predicted octanol–water partition coefficient (Wildman–Crippen LogP) is 1.85. The minimum absolute atomic E-state index is 0.447. The van der Waals surface area contributed by atoms with Crippen LogP contribution in [0.2, 0.25) is 0 Å². The van der Waals surface area contributed by atoms with E-state index in [1.807, 2.05) is 0 Å². The van der Waals surface area contributed by atoms with Crippen molar-refractivity contribution in [3.05, 3.63) is 24.3 Å². The topological polar surface area (TPSA) is 91.7 Å². The van der Waals surface area contributed by atoms with Gasteiger partial charge in [-0.1, -0.05) is 6.42 Å². The molecule has 3 aromatic rings. The third-order valence-corrected chi connectivity index (χ3v) is 6.18. The summed E-state index contributed by atoms with van der Waals surface area (Å²) < 4.78 is 2.23. The maximum absolute atomic E-state index is 4.57. The highest BCUT2D eigenvalue weighted by Gasteiger charge is 2.27. The molecule has 0 amide bonds. The normalized spacial score (nSPS) is 19.5. The summed E-state index contributed by atoms with van der Waals surface area (Å²) in [7, 11) is 2.12. The van der Waals surface area contributed by atoms with Gasteiger partial charge in [-0.15, -0.1) is 10.2 Å². The van der Waals surface area contributed by atoms with Crippen molar-refractivity contribution in [2.45, 2.75) is 44.6 Å². The molecule has 0 saturated carbocycles. The van der Waals surface area contributed by atoms with Crippen molar-refractivity contribution in [3.8, 4) is 0 Å². The van der Waals surface area contributed by atoms with Crippen LogP contribution in [0.3, 0.4) is 0 Å². The van der Waals surface area contributed by atoms with Gasteiger partial charge in [-0.25, -0.2) is 15.0 Å². The Balaban J connectivity index is 1.26. The molecule has 0 atom stereocenters. The van der Waals surface area contributed by atoms with Crippen molar-refractivity contribution < 1.29 is 0 Å². The van der Waals surface area contributed by atoms with E-state index in [0.717, 1.165) is 61.1 Å². The lowest BCUT2D eigenvalue weighted by molar-refractivity contribution is 0.213. The summed E-state index contributed by atoms with van der Waals surface area (Å²) in [5.74, 6) is 3.61. The quantitative estimate of drug-likeness (QED) is 0.737. The third kappa shape index (κ3) is 3.23. The molecule has 0 aromatic carbocycles. The molecular formula is C19H27N9. The Hall–Kier alpha value is -2.55. The molecule has 3 aromatic heterocycles. The van der Waals surface area contributed by atoms with Gasteiger partial charge in [0.05, 0.1) is 12.9 Å². The second-order valence-corrected chi connectivity index (χ2v) is 7.93. The first-order valence-electron chi connectivity index (χ1n) is 10.3. The average molecular weight is 381 g/mol. The number of H-pyrrole nitrogens is 1. The molecule has 0 radical (unpaired) electrons. The zero-order chi connectivity index (χ0) is 18.9. The number of nitrogens with one attached hydrogen (secondary N) is 1. The van der Waals surface area contributed by atoms with Crippen molar-refractivity contribution in [2.75, 3.05) is 31.1 Å². The van der Waals surface area contributed by atoms with E-state index in [-0.39, 0.29) is 0 Å². The molecule has 2 aliphatic rings. The van der Waals surface area contributed by atoms with Crippen LogP contribution in [0.4, 0.5) is 5.82 Å². The minimum atomic E-state index is 0.447. The first-order valence-corrected chi connectivity index (χ1v) is 10.3. The maximum atomic E-state index is 4.57. The summed E-state index contributed by atoms with van der Waals surface area (Å²) >= 11 is 0. The fourth-order valence-electron chi connectivity index (χ4n) is 4.53. The Morgan fingerprint density at radius 2 is 1.82 bits per heavy atom. The van der Waals surface area contributed by atoms with Gasteiger partial charge >= 0.3 is 0 Å². The molecule has 28 heavy (non-hydrogen) atoms. The lowest BCUT2D eigenvalue weighted by Gasteiger charge is -2.32. The molecule has 1 N–H and O–H groups in total. The van der Waals surface area contributed by atoms with E-state index in [1.54, 1.807) is 12.7 Å². The SMILES string of the molecule is Cn1c(CN2CCCCC2)nnc1C1CCN(c2ncnc3nc[nH]c23)CC1. The molecule has 5 heterocycles. The first-order chi connectivity index (χ1) is 13.8. The van der Waals surface area contributed by atoms with E-state index in [4.69, 9.17) is 0 Å².